The quantitative estimate of drug-likeness (QED) is 0.219. The highest BCUT2D eigenvalue weighted by Gasteiger charge is 2.64. The average molecular weight is 587 g/mol. The lowest BCUT2D eigenvalue weighted by molar-refractivity contribution is -0.168. The molecule has 6 aliphatic carbocycles. The largest absolute Gasteiger partial charge is 0.462 e. The third-order valence-electron chi connectivity index (χ3n) is 11.9. The molecule has 0 radical (unpaired) electrons. The van der Waals surface area contributed by atoms with Gasteiger partial charge in [0.05, 0.1) is 17.8 Å². The van der Waals surface area contributed by atoms with Crippen molar-refractivity contribution in [2.75, 3.05) is 0 Å². The van der Waals surface area contributed by atoms with Crippen LogP contribution in [0.4, 0.5) is 0 Å². The van der Waals surface area contributed by atoms with Gasteiger partial charge in [0.25, 0.3) is 0 Å². The lowest BCUT2D eigenvalue weighted by Gasteiger charge is -2.38. The highest BCUT2D eigenvalue weighted by atomic mass is 16.6. The van der Waals surface area contributed by atoms with E-state index in [-0.39, 0.29) is 77.4 Å². The van der Waals surface area contributed by atoms with E-state index >= 15 is 0 Å². The zero-order chi connectivity index (χ0) is 30.1. The van der Waals surface area contributed by atoms with Crippen LogP contribution in [0, 0.1) is 65.1 Å². The highest BCUT2D eigenvalue weighted by molar-refractivity contribution is 5.78. The van der Waals surface area contributed by atoms with Crippen molar-refractivity contribution >= 4 is 23.9 Å². The standard InChI is InChI=1S/C28H38O6.C6H12O2/c1-3-13(27(30)33-24-17-9-18-19(10-17)28(31)34-25(18)24)6-12(2)26(29)32-21-11-16-8-20(21)23-15-5-4-14(7-15)22(16)23;1-5(7)8-6(2,3)4/h12-25H,3-11H2,1-2H3;1-4H3. The Hall–Kier alpha value is -2.12. The van der Waals surface area contributed by atoms with Crippen LogP contribution in [0.3, 0.4) is 0 Å². The van der Waals surface area contributed by atoms with Gasteiger partial charge in [0, 0.05) is 18.8 Å². The van der Waals surface area contributed by atoms with Crippen LogP contribution in [0.2, 0.25) is 0 Å². The third kappa shape index (κ3) is 5.38. The second kappa shape index (κ2) is 11.1. The van der Waals surface area contributed by atoms with Gasteiger partial charge in [-0.1, -0.05) is 13.8 Å². The monoisotopic (exact) mass is 586 g/mol. The molecule has 6 saturated carbocycles. The van der Waals surface area contributed by atoms with Gasteiger partial charge in [-0.2, -0.15) is 0 Å². The number of esters is 4. The number of rotatable bonds is 7. The van der Waals surface area contributed by atoms with Crippen molar-refractivity contribution in [3.05, 3.63) is 0 Å². The van der Waals surface area contributed by atoms with E-state index in [4.69, 9.17) is 18.9 Å². The molecule has 0 amide bonds. The SMILES string of the molecule is CC(=O)OC(C)(C)C.CCC(CC(C)C(=O)OC1CC2CC1C1C3CCC(C3)C21)C(=O)OC1C2CC3C(=O)OC1C3C2. The normalized spacial score (nSPS) is 42.9. The Labute approximate surface area is 250 Å². The van der Waals surface area contributed by atoms with Crippen molar-refractivity contribution in [3.63, 3.8) is 0 Å². The van der Waals surface area contributed by atoms with E-state index in [1.165, 1.54) is 32.6 Å². The van der Waals surface area contributed by atoms with Gasteiger partial charge >= 0.3 is 23.9 Å². The van der Waals surface area contributed by atoms with Crippen molar-refractivity contribution in [2.45, 2.75) is 123 Å². The molecule has 0 N–H and O–H groups in total. The van der Waals surface area contributed by atoms with Gasteiger partial charge in [-0.25, -0.2) is 0 Å². The average Bonchev–Trinajstić information content (AvgIpc) is 3.73. The predicted octanol–water partition coefficient (Wildman–Crippen LogP) is 5.49. The summed E-state index contributed by atoms with van der Waals surface area (Å²) in [5.41, 5.74) is -0.328. The fourth-order valence-electron chi connectivity index (χ4n) is 10.6. The van der Waals surface area contributed by atoms with E-state index in [1.807, 2.05) is 34.6 Å². The summed E-state index contributed by atoms with van der Waals surface area (Å²) in [5.74, 6) is 3.98. The molecular formula is C34H50O8. The number of hydrogen-bond acceptors (Lipinski definition) is 8. The van der Waals surface area contributed by atoms with Gasteiger partial charge in [-0.3, -0.25) is 19.2 Å². The molecule has 234 valence electrons. The maximum Gasteiger partial charge on any atom is 0.309 e. The van der Waals surface area contributed by atoms with Crippen molar-refractivity contribution < 1.29 is 38.1 Å². The van der Waals surface area contributed by atoms with Crippen LogP contribution >= 0.6 is 0 Å². The third-order valence-corrected chi connectivity index (χ3v) is 11.9. The summed E-state index contributed by atoms with van der Waals surface area (Å²) < 4.78 is 22.4. The van der Waals surface area contributed by atoms with E-state index in [2.05, 4.69) is 0 Å². The summed E-state index contributed by atoms with van der Waals surface area (Å²) in [6, 6.07) is 0. The molecule has 1 saturated heterocycles. The number of fused-ring (bicyclic) bond motifs is 10. The van der Waals surface area contributed by atoms with E-state index in [1.54, 1.807) is 0 Å². The minimum absolute atomic E-state index is 0.0160. The zero-order valence-electron chi connectivity index (χ0n) is 26.2. The zero-order valence-corrected chi connectivity index (χ0v) is 26.2. The maximum atomic E-state index is 13.1. The van der Waals surface area contributed by atoms with Crippen molar-refractivity contribution in [1.29, 1.82) is 0 Å². The first-order valence-corrected chi connectivity index (χ1v) is 16.7. The first-order valence-electron chi connectivity index (χ1n) is 16.7. The topological polar surface area (TPSA) is 105 Å². The Kier molecular flexibility index (Phi) is 7.91. The van der Waals surface area contributed by atoms with Crippen molar-refractivity contribution in [1.82, 2.24) is 0 Å². The fraction of sp³-hybridized carbons (Fsp3) is 0.882. The molecule has 14 unspecified atom stereocenters. The maximum absolute atomic E-state index is 13.1. The van der Waals surface area contributed by atoms with Crippen LogP contribution in [0.5, 0.6) is 0 Å². The summed E-state index contributed by atoms with van der Waals surface area (Å²) >= 11 is 0. The van der Waals surface area contributed by atoms with E-state index < -0.39 is 0 Å². The summed E-state index contributed by atoms with van der Waals surface area (Å²) in [4.78, 5) is 48.4. The van der Waals surface area contributed by atoms with Crippen LogP contribution in [-0.2, 0) is 38.1 Å². The predicted molar refractivity (Wildman–Crippen MR) is 152 cm³/mol. The fourth-order valence-corrected chi connectivity index (χ4v) is 10.6. The van der Waals surface area contributed by atoms with Gasteiger partial charge in [-0.15, -0.1) is 0 Å². The molecule has 0 aromatic carbocycles. The van der Waals surface area contributed by atoms with E-state index in [9.17, 15) is 19.2 Å². The molecule has 0 aromatic rings. The van der Waals surface area contributed by atoms with Crippen molar-refractivity contribution in [3.8, 4) is 0 Å². The van der Waals surface area contributed by atoms with Crippen LogP contribution in [0.15, 0.2) is 0 Å². The lowest BCUT2D eigenvalue weighted by Crippen LogP contribution is -2.39. The molecule has 0 aromatic heterocycles. The van der Waals surface area contributed by atoms with Crippen molar-refractivity contribution in [2.24, 2.45) is 65.1 Å². The number of carbonyl (C=O) groups is 4. The first-order chi connectivity index (χ1) is 19.8. The molecule has 0 spiro atoms. The second-order valence-electron chi connectivity index (χ2n) is 15.6. The van der Waals surface area contributed by atoms with Gasteiger partial charge in [-0.05, 0) is 114 Å². The number of hydrogen-bond donors (Lipinski definition) is 0. The second-order valence-corrected chi connectivity index (χ2v) is 15.6. The van der Waals surface area contributed by atoms with Gasteiger partial charge in [0.15, 0.2) is 0 Å². The molecule has 7 fully saturated rings. The summed E-state index contributed by atoms with van der Waals surface area (Å²) in [5, 5.41) is 0. The summed E-state index contributed by atoms with van der Waals surface area (Å²) in [6.45, 7) is 10.8. The van der Waals surface area contributed by atoms with Crippen LogP contribution in [0.1, 0.15) is 99.3 Å². The smallest absolute Gasteiger partial charge is 0.309 e. The lowest BCUT2D eigenvalue weighted by atomic mass is 9.70. The molecule has 1 aliphatic heterocycles. The number of ether oxygens (including phenoxy) is 4. The highest BCUT2D eigenvalue weighted by Crippen LogP contribution is 2.67. The van der Waals surface area contributed by atoms with Gasteiger partial charge in [0.2, 0.25) is 0 Å². The molecule has 42 heavy (non-hydrogen) atoms. The van der Waals surface area contributed by atoms with Gasteiger partial charge in [0.1, 0.15) is 23.9 Å². The summed E-state index contributed by atoms with van der Waals surface area (Å²) in [7, 11) is 0. The molecule has 1 heterocycles. The number of carbonyl (C=O) groups excluding carboxylic acids is 4. The Morgan fingerprint density at radius 1 is 0.881 bits per heavy atom. The van der Waals surface area contributed by atoms with E-state index in [0.29, 0.717) is 18.8 Å². The molecule has 8 heteroatoms. The minimum Gasteiger partial charge on any atom is -0.462 e. The minimum atomic E-state index is -0.329. The Morgan fingerprint density at radius 2 is 1.57 bits per heavy atom. The molecule has 14 atom stereocenters. The molecule has 7 rings (SSSR count). The Balaban J connectivity index is 0.000000350. The van der Waals surface area contributed by atoms with E-state index in [0.717, 1.165) is 48.9 Å². The molecule has 6 bridgehead atoms. The first kappa shape index (κ1) is 29.9. The van der Waals surface area contributed by atoms with Crippen LogP contribution in [-0.4, -0.2) is 47.8 Å². The van der Waals surface area contributed by atoms with Crippen LogP contribution in [0.25, 0.3) is 0 Å². The Bertz CT molecular complexity index is 1090. The van der Waals surface area contributed by atoms with Gasteiger partial charge < -0.3 is 18.9 Å². The molecular weight excluding hydrogens is 536 g/mol. The van der Waals surface area contributed by atoms with Crippen LogP contribution < -0.4 is 0 Å². The molecule has 8 nitrogen and oxygen atoms in total. The molecule has 7 aliphatic rings. The Morgan fingerprint density at radius 3 is 2.21 bits per heavy atom. The summed E-state index contributed by atoms with van der Waals surface area (Å²) in [6.07, 6.45) is 8.86.